The van der Waals surface area contributed by atoms with Crippen LogP contribution in [0.3, 0.4) is 0 Å². The summed E-state index contributed by atoms with van der Waals surface area (Å²) < 4.78 is 4.88. The van der Waals surface area contributed by atoms with E-state index in [1.54, 1.807) is 0 Å². The molecule has 0 heterocycles. The Morgan fingerprint density at radius 1 is 1.38 bits per heavy atom. The van der Waals surface area contributed by atoms with E-state index in [0.29, 0.717) is 6.61 Å². The molecule has 48 valence electrons. The molecule has 0 aliphatic rings. The molecular formula is C5H12O2Ti. The summed E-state index contributed by atoms with van der Waals surface area (Å²) in [5.41, 5.74) is 0. The van der Waals surface area contributed by atoms with Gasteiger partial charge in [0.25, 0.3) is 0 Å². The summed E-state index contributed by atoms with van der Waals surface area (Å²) in [5.74, 6) is 0. The van der Waals surface area contributed by atoms with Crippen molar-refractivity contribution < 1.29 is 31.6 Å². The van der Waals surface area contributed by atoms with E-state index in [-0.39, 0.29) is 28.3 Å². The Hall–Kier alpha value is 0.634. The molecule has 0 fully saturated rings. The average molecular weight is 152 g/mol. The van der Waals surface area contributed by atoms with Gasteiger partial charge in [0.15, 0.2) is 0 Å². The van der Waals surface area contributed by atoms with Gasteiger partial charge >= 0.3 is 0 Å². The minimum absolute atomic E-state index is 0. The van der Waals surface area contributed by atoms with Crippen molar-refractivity contribution in [3.05, 3.63) is 0 Å². The van der Waals surface area contributed by atoms with Gasteiger partial charge in [-0.15, -0.1) is 0 Å². The Morgan fingerprint density at radius 3 is 2.38 bits per heavy atom. The molecule has 0 amide bonds. The van der Waals surface area contributed by atoms with E-state index in [1.807, 2.05) is 6.92 Å². The van der Waals surface area contributed by atoms with Crippen molar-refractivity contribution in [1.29, 1.82) is 0 Å². The number of aliphatic hydroxyl groups excluding tert-OH is 1. The van der Waals surface area contributed by atoms with Gasteiger partial charge in [-0.2, -0.15) is 0 Å². The molecule has 0 aliphatic heterocycles. The van der Waals surface area contributed by atoms with E-state index < -0.39 is 0 Å². The Balaban J connectivity index is 0. The fourth-order valence-electron chi connectivity index (χ4n) is 0.311. The molecule has 0 saturated heterocycles. The second kappa shape index (κ2) is 10.6. The van der Waals surface area contributed by atoms with Crippen molar-refractivity contribution in [2.75, 3.05) is 19.8 Å². The first-order chi connectivity index (χ1) is 3.41. The van der Waals surface area contributed by atoms with Crippen LogP contribution < -0.4 is 0 Å². The molecule has 0 bridgehead atoms. The molecule has 2 nitrogen and oxygen atoms in total. The maximum Gasteiger partial charge on any atom is 0.0697 e. The molecule has 0 spiro atoms. The maximum absolute atomic E-state index is 8.17. The van der Waals surface area contributed by atoms with E-state index in [0.717, 1.165) is 13.0 Å². The summed E-state index contributed by atoms with van der Waals surface area (Å²) in [6.07, 6.45) is 1.03. The van der Waals surface area contributed by atoms with Crippen LogP contribution >= 0.6 is 0 Å². The summed E-state index contributed by atoms with van der Waals surface area (Å²) in [6.45, 7) is 3.42. The first-order valence-corrected chi connectivity index (χ1v) is 2.60. The summed E-state index contributed by atoms with van der Waals surface area (Å²) in [6, 6.07) is 0. The Labute approximate surface area is 65.1 Å². The van der Waals surface area contributed by atoms with Crippen molar-refractivity contribution in [3.8, 4) is 0 Å². The molecule has 0 aromatic heterocycles. The smallest absolute Gasteiger partial charge is 0.0697 e. The van der Waals surface area contributed by atoms with Crippen molar-refractivity contribution in [1.82, 2.24) is 0 Å². The number of hydrogen-bond acceptors (Lipinski definition) is 2. The van der Waals surface area contributed by atoms with Gasteiger partial charge in [-0.3, -0.25) is 0 Å². The van der Waals surface area contributed by atoms with Gasteiger partial charge in [0.05, 0.1) is 13.2 Å². The van der Waals surface area contributed by atoms with Crippen LogP contribution in [0.1, 0.15) is 13.3 Å². The van der Waals surface area contributed by atoms with Gasteiger partial charge < -0.3 is 9.84 Å². The fourth-order valence-corrected chi connectivity index (χ4v) is 0.311. The van der Waals surface area contributed by atoms with Gasteiger partial charge in [-0.1, -0.05) is 6.92 Å². The standard InChI is InChI=1S/C5H12O2.Ti/c1-2-4-7-5-3-6;/h6H,2-5H2,1H3;. The largest absolute Gasteiger partial charge is 0.394 e. The van der Waals surface area contributed by atoms with Crippen LogP contribution in [-0.4, -0.2) is 24.9 Å². The van der Waals surface area contributed by atoms with Gasteiger partial charge in [-0.25, -0.2) is 0 Å². The van der Waals surface area contributed by atoms with E-state index in [1.165, 1.54) is 0 Å². The zero-order valence-electron chi connectivity index (χ0n) is 5.18. The van der Waals surface area contributed by atoms with Gasteiger partial charge in [0.2, 0.25) is 0 Å². The van der Waals surface area contributed by atoms with Crippen LogP contribution in [0.5, 0.6) is 0 Å². The summed E-state index contributed by atoms with van der Waals surface area (Å²) in [7, 11) is 0. The SMILES string of the molecule is CCCOCCO.[Ti]. The molecule has 0 unspecified atom stereocenters. The third-order valence-electron chi connectivity index (χ3n) is 0.584. The van der Waals surface area contributed by atoms with Crippen LogP contribution in [0.15, 0.2) is 0 Å². The molecule has 0 rings (SSSR count). The summed E-state index contributed by atoms with van der Waals surface area (Å²) in [5, 5.41) is 8.17. The summed E-state index contributed by atoms with van der Waals surface area (Å²) >= 11 is 0. The Kier molecular flexibility index (Phi) is 15.1. The molecule has 3 heteroatoms. The molecule has 0 radical (unpaired) electrons. The third kappa shape index (κ3) is 9.81. The van der Waals surface area contributed by atoms with E-state index >= 15 is 0 Å². The molecule has 0 aliphatic carbocycles. The molecule has 8 heavy (non-hydrogen) atoms. The quantitative estimate of drug-likeness (QED) is 0.466. The van der Waals surface area contributed by atoms with Gasteiger partial charge in [0.1, 0.15) is 0 Å². The van der Waals surface area contributed by atoms with Crippen LogP contribution in [-0.2, 0) is 26.5 Å². The van der Waals surface area contributed by atoms with Crippen molar-refractivity contribution in [3.63, 3.8) is 0 Å². The molecule has 0 atom stereocenters. The van der Waals surface area contributed by atoms with E-state index in [2.05, 4.69) is 0 Å². The predicted octanol–water partition coefficient (Wildman–Crippen LogP) is 0.403. The fraction of sp³-hybridized carbons (Fsp3) is 1.00. The van der Waals surface area contributed by atoms with Crippen LogP contribution in [0.4, 0.5) is 0 Å². The predicted molar refractivity (Wildman–Crippen MR) is 28.2 cm³/mol. The van der Waals surface area contributed by atoms with Crippen LogP contribution in [0.25, 0.3) is 0 Å². The number of rotatable bonds is 4. The van der Waals surface area contributed by atoms with Gasteiger partial charge in [-0.05, 0) is 6.42 Å². The summed E-state index contributed by atoms with van der Waals surface area (Å²) in [4.78, 5) is 0. The van der Waals surface area contributed by atoms with E-state index in [4.69, 9.17) is 9.84 Å². The average Bonchev–Trinajstić information content (AvgIpc) is 1.69. The molecule has 1 N–H and O–H groups in total. The van der Waals surface area contributed by atoms with Gasteiger partial charge in [0, 0.05) is 28.3 Å². The zero-order chi connectivity index (χ0) is 5.54. The first-order valence-electron chi connectivity index (χ1n) is 2.60. The molecular weight excluding hydrogens is 140 g/mol. The third-order valence-corrected chi connectivity index (χ3v) is 0.584. The maximum atomic E-state index is 8.17. The Morgan fingerprint density at radius 2 is 2.00 bits per heavy atom. The number of ether oxygens (including phenoxy) is 1. The minimum Gasteiger partial charge on any atom is -0.394 e. The molecule has 0 aromatic rings. The Bertz CT molecular complexity index is 29.6. The van der Waals surface area contributed by atoms with E-state index in [9.17, 15) is 0 Å². The molecule has 0 saturated carbocycles. The molecule has 0 aromatic carbocycles. The van der Waals surface area contributed by atoms with Crippen molar-refractivity contribution in [2.45, 2.75) is 13.3 Å². The zero-order valence-corrected chi connectivity index (χ0v) is 6.75. The minimum atomic E-state index is 0. The number of hydrogen-bond donors (Lipinski definition) is 1. The topological polar surface area (TPSA) is 29.5 Å². The van der Waals surface area contributed by atoms with Crippen molar-refractivity contribution in [2.24, 2.45) is 0 Å². The normalized spacial score (nSPS) is 8.25. The van der Waals surface area contributed by atoms with Crippen LogP contribution in [0.2, 0.25) is 0 Å². The number of aliphatic hydroxyl groups is 1. The second-order valence-electron chi connectivity index (χ2n) is 1.34. The van der Waals surface area contributed by atoms with Crippen LogP contribution in [0, 0.1) is 0 Å². The van der Waals surface area contributed by atoms with Crippen molar-refractivity contribution >= 4 is 0 Å². The first kappa shape index (κ1) is 11.4. The monoisotopic (exact) mass is 152 g/mol. The second-order valence-corrected chi connectivity index (χ2v) is 1.34.